The highest BCUT2D eigenvalue weighted by atomic mass is 31.2. The Bertz CT molecular complexity index is 290. The molecule has 0 radical (unpaired) electrons. The van der Waals surface area contributed by atoms with Crippen LogP contribution in [0.4, 0.5) is 0 Å². The molecular formula is C16H35O4P. The molecule has 0 aliphatic rings. The SMILES string of the molecule is CCCCCCCCC(C)(CCCCCC)OP(=O)(O)O. The summed E-state index contributed by atoms with van der Waals surface area (Å²) in [5, 5.41) is 0. The number of hydrogen-bond donors (Lipinski definition) is 2. The van der Waals surface area contributed by atoms with Crippen molar-refractivity contribution in [1.82, 2.24) is 0 Å². The van der Waals surface area contributed by atoms with E-state index < -0.39 is 13.4 Å². The lowest BCUT2D eigenvalue weighted by molar-refractivity contribution is 0.0304. The van der Waals surface area contributed by atoms with Gasteiger partial charge in [0, 0.05) is 0 Å². The second-order valence-electron chi connectivity index (χ2n) is 6.36. The molecule has 5 heteroatoms. The van der Waals surface area contributed by atoms with Gasteiger partial charge < -0.3 is 9.79 Å². The van der Waals surface area contributed by atoms with Crippen molar-refractivity contribution >= 4 is 7.82 Å². The molecule has 0 bridgehead atoms. The summed E-state index contributed by atoms with van der Waals surface area (Å²) < 4.78 is 16.3. The highest BCUT2D eigenvalue weighted by Crippen LogP contribution is 2.45. The van der Waals surface area contributed by atoms with Crippen LogP contribution in [0.1, 0.15) is 97.8 Å². The zero-order valence-corrected chi connectivity index (χ0v) is 15.0. The number of rotatable bonds is 14. The van der Waals surface area contributed by atoms with Crippen LogP contribution in [0.3, 0.4) is 0 Å². The number of unbranched alkanes of at least 4 members (excludes halogenated alkanes) is 8. The molecule has 0 aromatic carbocycles. The van der Waals surface area contributed by atoms with E-state index in [4.69, 9.17) is 14.3 Å². The predicted molar refractivity (Wildman–Crippen MR) is 88.3 cm³/mol. The first-order valence-corrected chi connectivity index (χ1v) is 10.1. The lowest BCUT2D eigenvalue weighted by Crippen LogP contribution is -2.27. The van der Waals surface area contributed by atoms with Crippen LogP contribution in [-0.4, -0.2) is 15.4 Å². The van der Waals surface area contributed by atoms with Crippen molar-refractivity contribution in [2.24, 2.45) is 0 Å². The maximum Gasteiger partial charge on any atom is 0.470 e. The van der Waals surface area contributed by atoms with E-state index in [2.05, 4.69) is 13.8 Å². The van der Waals surface area contributed by atoms with E-state index in [0.717, 1.165) is 44.9 Å². The Balaban J connectivity index is 4.15. The fraction of sp³-hybridized carbons (Fsp3) is 1.00. The second kappa shape index (κ2) is 11.6. The van der Waals surface area contributed by atoms with Crippen LogP contribution < -0.4 is 0 Å². The molecule has 0 rings (SSSR count). The van der Waals surface area contributed by atoms with Crippen molar-refractivity contribution < 1.29 is 18.9 Å². The van der Waals surface area contributed by atoms with Gasteiger partial charge in [-0.1, -0.05) is 78.1 Å². The van der Waals surface area contributed by atoms with Gasteiger partial charge in [-0.15, -0.1) is 0 Å². The molecule has 1 atom stereocenters. The molecule has 0 spiro atoms. The number of phosphoric acid groups is 1. The van der Waals surface area contributed by atoms with E-state index in [0.29, 0.717) is 0 Å². The topological polar surface area (TPSA) is 66.8 Å². The number of hydrogen-bond acceptors (Lipinski definition) is 2. The molecule has 0 aromatic rings. The van der Waals surface area contributed by atoms with Crippen molar-refractivity contribution in [3.05, 3.63) is 0 Å². The van der Waals surface area contributed by atoms with Gasteiger partial charge in [-0.3, -0.25) is 4.52 Å². The van der Waals surface area contributed by atoms with Gasteiger partial charge in [-0.25, -0.2) is 4.57 Å². The van der Waals surface area contributed by atoms with Gasteiger partial charge in [-0.05, 0) is 19.8 Å². The summed E-state index contributed by atoms with van der Waals surface area (Å²) in [4.78, 5) is 18.2. The maximum absolute atomic E-state index is 11.2. The fourth-order valence-corrected chi connectivity index (χ4v) is 3.47. The molecule has 1 unspecified atom stereocenters. The van der Waals surface area contributed by atoms with Crippen LogP contribution in [0.15, 0.2) is 0 Å². The minimum atomic E-state index is -4.41. The summed E-state index contributed by atoms with van der Waals surface area (Å²) in [6.07, 6.45) is 12.9. The van der Waals surface area contributed by atoms with E-state index in [-0.39, 0.29) is 0 Å². The average Bonchev–Trinajstić information content (AvgIpc) is 2.37. The minimum absolute atomic E-state index is 0.683. The standard InChI is InChI=1S/C16H35O4P/c1-4-6-8-10-11-13-15-16(3,20-21(17,18)19)14-12-9-7-5-2/h4-15H2,1-3H3,(H2,17,18,19). The van der Waals surface area contributed by atoms with E-state index >= 15 is 0 Å². The van der Waals surface area contributed by atoms with Crippen LogP contribution in [-0.2, 0) is 9.09 Å². The second-order valence-corrected chi connectivity index (χ2v) is 7.52. The van der Waals surface area contributed by atoms with Crippen molar-refractivity contribution in [3.63, 3.8) is 0 Å². The first-order chi connectivity index (χ1) is 9.83. The first-order valence-electron chi connectivity index (χ1n) is 8.59. The average molecular weight is 322 g/mol. The van der Waals surface area contributed by atoms with E-state index in [1.54, 1.807) is 0 Å². The zero-order chi connectivity index (χ0) is 16.2. The number of phosphoric ester groups is 1. The largest absolute Gasteiger partial charge is 0.470 e. The Labute approximate surface area is 130 Å². The third kappa shape index (κ3) is 13.5. The highest BCUT2D eigenvalue weighted by molar-refractivity contribution is 7.46. The molecule has 0 aliphatic carbocycles. The van der Waals surface area contributed by atoms with Crippen LogP contribution in [0.5, 0.6) is 0 Å². The third-order valence-corrected chi connectivity index (χ3v) is 4.64. The van der Waals surface area contributed by atoms with E-state index in [1.165, 1.54) is 32.1 Å². The summed E-state index contributed by atoms with van der Waals surface area (Å²) in [5.41, 5.74) is -0.683. The summed E-state index contributed by atoms with van der Waals surface area (Å²) in [5.74, 6) is 0. The normalized spacial score (nSPS) is 15.1. The molecule has 0 aromatic heterocycles. The first kappa shape index (κ1) is 21.1. The summed E-state index contributed by atoms with van der Waals surface area (Å²) >= 11 is 0. The smallest absolute Gasteiger partial charge is 0.303 e. The van der Waals surface area contributed by atoms with Crippen LogP contribution in [0, 0.1) is 0 Å². The Morgan fingerprint density at radius 3 is 1.62 bits per heavy atom. The third-order valence-electron chi connectivity index (χ3n) is 3.96. The highest BCUT2D eigenvalue weighted by Gasteiger charge is 2.32. The molecule has 21 heavy (non-hydrogen) atoms. The predicted octanol–water partition coefficient (Wildman–Crippen LogP) is 5.58. The van der Waals surface area contributed by atoms with Crippen molar-refractivity contribution in [2.75, 3.05) is 0 Å². The minimum Gasteiger partial charge on any atom is -0.303 e. The fourth-order valence-electron chi connectivity index (χ4n) is 2.71. The summed E-state index contributed by atoms with van der Waals surface area (Å²) in [7, 11) is -4.41. The van der Waals surface area contributed by atoms with Crippen molar-refractivity contribution in [2.45, 2.75) is 103 Å². The van der Waals surface area contributed by atoms with E-state index in [1.807, 2.05) is 6.92 Å². The van der Waals surface area contributed by atoms with Gasteiger partial charge in [0.25, 0.3) is 0 Å². The van der Waals surface area contributed by atoms with E-state index in [9.17, 15) is 4.57 Å². The Kier molecular flexibility index (Phi) is 11.7. The molecular weight excluding hydrogens is 287 g/mol. The van der Waals surface area contributed by atoms with Gasteiger partial charge in [0.2, 0.25) is 0 Å². The van der Waals surface area contributed by atoms with Crippen LogP contribution >= 0.6 is 7.82 Å². The molecule has 4 nitrogen and oxygen atoms in total. The Morgan fingerprint density at radius 2 is 1.19 bits per heavy atom. The van der Waals surface area contributed by atoms with Gasteiger partial charge in [0.05, 0.1) is 5.60 Å². The Morgan fingerprint density at radius 1 is 0.810 bits per heavy atom. The van der Waals surface area contributed by atoms with Gasteiger partial charge in [-0.2, -0.15) is 0 Å². The maximum atomic E-state index is 11.2. The molecule has 0 aliphatic heterocycles. The molecule has 0 amide bonds. The molecule has 2 N–H and O–H groups in total. The zero-order valence-electron chi connectivity index (χ0n) is 14.1. The Hall–Kier alpha value is 0.110. The van der Waals surface area contributed by atoms with Gasteiger partial charge in [0.1, 0.15) is 0 Å². The molecule has 0 saturated heterocycles. The van der Waals surface area contributed by atoms with Crippen molar-refractivity contribution in [1.29, 1.82) is 0 Å². The lowest BCUT2D eigenvalue weighted by Gasteiger charge is -2.30. The molecule has 128 valence electrons. The van der Waals surface area contributed by atoms with Crippen LogP contribution in [0.25, 0.3) is 0 Å². The quantitative estimate of drug-likeness (QED) is 0.324. The monoisotopic (exact) mass is 322 g/mol. The van der Waals surface area contributed by atoms with Gasteiger partial charge >= 0.3 is 7.82 Å². The van der Waals surface area contributed by atoms with Crippen molar-refractivity contribution in [3.8, 4) is 0 Å². The summed E-state index contributed by atoms with van der Waals surface area (Å²) in [6.45, 7) is 6.20. The summed E-state index contributed by atoms with van der Waals surface area (Å²) in [6, 6.07) is 0. The van der Waals surface area contributed by atoms with Crippen LogP contribution in [0.2, 0.25) is 0 Å². The molecule has 0 heterocycles. The lowest BCUT2D eigenvalue weighted by atomic mass is 9.91. The molecule has 0 saturated carbocycles. The van der Waals surface area contributed by atoms with Gasteiger partial charge in [0.15, 0.2) is 0 Å². The molecule has 0 fully saturated rings.